The number of nitrogens with zero attached hydrogens (tertiary/aromatic N) is 1. The highest BCUT2D eigenvalue weighted by Crippen LogP contribution is 2.18. The zero-order chi connectivity index (χ0) is 15.4. The monoisotopic (exact) mass is 366 g/mol. The van der Waals surface area contributed by atoms with E-state index in [1.54, 1.807) is 12.1 Å². The second kappa shape index (κ2) is 7.11. The molecule has 110 valence electrons. The van der Waals surface area contributed by atoms with Gasteiger partial charge in [-0.15, -0.1) is 0 Å². The lowest BCUT2D eigenvalue weighted by atomic mass is 10.1. The molecule has 2 nitrogen and oxygen atoms in total. The Morgan fingerprint density at radius 2 is 1.86 bits per heavy atom. The van der Waals surface area contributed by atoms with Crippen LogP contribution in [0, 0.1) is 5.82 Å². The van der Waals surface area contributed by atoms with Gasteiger partial charge in [-0.2, -0.15) is 0 Å². The van der Waals surface area contributed by atoms with E-state index >= 15 is 0 Å². The Hall–Kier alpha value is -1.30. The van der Waals surface area contributed by atoms with Crippen molar-refractivity contribution in [3.8, 4) is 0 Å². The molecule has 0 unspecified atom stereocenters. The summed E-state index contributed by atoms with van der Waals surface area (Å²) >= 11 is 8.20. The first-order chi connectivity index (χ1) is 9.95. The predicted molar refractivity (Wildman–Crippen MR) is 91.6 cm³/mol. The first-order valence-electron chi connectivity index (χ1n) is 6.47. The molecule has 2 aromatic rings. The maximum absolute atomic E-state index is 13.2. The smallest absolute Gasteiger partial charge is 0.137 e. The quantitative estimate of drug-likeness (QED) is 0.814. The Balaban J connectivity index is 2.04. The van der Waals surface area contributed by atoms with Crippen molar-refractivity contribution in [3.63, 3.8) is 0 Å². The van der Waals surface area contributed by atoms with E-state index in [0.717, 1.165) is 29.8 Å². The van der Waals surface area contributed by atoms with Crippen LogP contribution in [0.15, 0.2) is 46.9 Å². The molecule has 0 saturated carbocycles. The molecule has 21 heavy (non-hydrogen) atoms. The maximum Gasteiger partial charge on any atom is 0.137 e. The van der Waals surface area contributed by atoms with E-state index in [1.165, 1.54) is 6.07 Å². The second-order valence-corrected chi connectivity index (χ2v) is 6.28. The summed E-state index contributed by atoms with van der Waals surface area (Å²) in [6.45, 7) is 1.50. The Kier molecular flexibility index (Phi) is 5.45. The van der Waals surface area contributed by atoms with Crippen molar-refractivity contribution in [1.29, 1.82) is 0 Å². The Labute approximate surface area is 137 Å². The van der Waals surface area contributed by atoms with E-state index in [4.69, 9.17) is 18.0 Å². The van der Waals surface area contributed by atoms with E-state index in [0.29, 0.717) is 9.46 Å². The summed E-state index contributed by atoms with van der Waals surface area (Å²) in [6.07, 6.45) is 0. The minimum absolute atomic E-state index is 0.245. The molecule has 2 rings (SSSR count). The highest BCUT2D eigenvalue weighted by Gasteiger charge is 2.06. The van der Waals surface area contributed by atoms with Gasteiger partial charge in [0.25, 0.3) is 0 Å². The van der Waals surface area contributed by atoms with Gasteiger partial charge in [-0.25, -0.2) is 4.39 Å². The van der Waals surface area contributed by atoms with Crippen molar-refractivity contribution in [1.82, 2.24) is 4.90 Å². The first-order valence-corrected chi connectivity index (χ1v) is 7.67. The van der Waals surface area contributed by atoms with Crippen molar-refractivity contribution in [2.45, 2.75) is 13.1 Å². The van der Waals surface area contributed by atoms with Crippen molar-refractivity contribution < 1.29 is 4.39 Å². The largest absolute Gasteiger partial charge is 0.389 e. The first kappa shape index (κ1) is 16.1. The normalized spacial score (nSPS) is 10.9. The van der Waals surface area contributed by atoms with Crippen LogP contribution in [0.3, 0.4) is 0 Å². The van der Waals surface area contributed by atoms with Crippen molar-refractivity contribution in [2.24, 2.45) is 5.73 Å². The number of hydrogen-bond acceptors (Lipinski definition) is 2. The van der Waals surface area contributed by atoms with Crippen LogP contribution in [0.4, 0.5) is 4.39 Å². The summed E-state index contributed by atoms with van der Waals surface area (Å²) in [4.78, 5) is 2.56. The zero-order valence-electron chi connectivity index (χ0n) is 11.6. The molecule has 0 saturated heterocycles. The number of rotatable bonds is 5. The molecule has 5 heteroatoms. The van der Waals surface area contributed by atoms with Gasteiger partial charge in [0, 0.05) is 18.7 Å². The highest BCUT2D eigenvalue weighted by molar-refractivity contribution is 9.10. The topological polar surface area (TPSA) is 29.3 Å². The molecule has 0 heterocycles. The van der Waals surface area contributed by atoms with Crippen LogP contribution in [0.25, 0.3) is 0 Å². The molecule has 0 bridgehead atoms. The van der Waals surface area contributed by atoms with Crippen LogP contribution < -0.4 is 5.73 Å². The maximum atomic E-state index is 13.2. The third kappa shape index (κ3) is 4.59. The van der Waals surface area contributed by atoms with Crippen LogP contribution in [-0.4, -0.2) is 16.9 Å². The van der Waals surface area contributed by atoms with Gasteiger partial charge in [0.2, 0.25) is 0 Å². The van der Waals surface area contributed by atoms with Gasteiger partial charge in [-0.3, -0.25) is 4.90 Å². The molecule has 2 N–H and O–H groups in total. The molecule has 0 fully saturated rings. The van der Waals surface area contributed by atoms with Crippen LogP contribution in [0.5, 0.6) is 0 Å². The summed E-state index contributed by atoms with van der Waals surface area (Å²) in [7, 11) is 2.02. The number of hydrogen-bond donors (Lipinski definition) is 1. The molecule has 0 aliphatic heterocycles. The van der Waals surface area contributed by atoms with Crippen LogP contribution in [-0.2, 0) is 13.1 Å². The number of benzene rings is 2. The summed E-state index contributed by atoms with van der Waals surface area (Å²) < 4.78 is 13.7. The van der Waals surface area contributed by atoms with Gasteiger partial charge in [0.05, 0.1) is 4.47 Å². The Bertz CT molecular complexity index is 660. The highest BCUT2D eigenvalue weighted by atomic mass is 79.9. The lowest BCUT2D eigenvalue weighted by molar-refractivity contribution is 0.319. The van der Waals surface area contributed by atoms with Crippen LogP contribution in [0.1, 0.15) is 16.7 Å². The van der Waals surface area contributed by atoms with Crippen molar-refractivity contribution in [2.75, 3.05) is 7.05 Å². The zero-order valence-corrected chi connectivity index (χ0v) is 14.0. The molecular weight excluding hydrogens is 351 g/mol. The summed E-state index contributed by atoms with van der Waals surface area (Å²) in [5.74, 6) is -0.245. The molecule has 0 aliphatic rings. The van der Waals surface area contributed by atoms with Crippen molar-refractivity contribution in [3.05, 3.63) is 69.4 Å². The minimum Gasteiger partial charge on any atom is -0.389 e. The third-order valence-corrected chi connectivity index (χ3v) is 3.94. The van der Waals surface area contributed by atoms with Gasteiger partial charge in [0.1, 0.15) is 10.8 Å². The summed E-state index contributed by atoms with van der Waals surface area (Å²) in [6, 6.07) is 13.0. The van der Waals surface area contributed by atoms with Gasteiger partial charge in [-0.1, -0.05) is 36.5 Å². The lowest BCUT2D eigenvalue weighted by Gasteiger charge is -2.17. The average molecular weight is 367 g/mol. The molecule has 0 atom stereocenters. The third-order valence-electron chi connectivity index (χ3n) is 3.10. The van der Waals surface area contributed by atoms with Gasteiger partial charge < -0.3 is 5.73 Å². The Morgan fingerprint density at radius 3 is 2.48 bits per heavy atom. The van der Waals surface area contributed by atoms with E-state index < -0.39 is 0 Å². The number of halogens is 2. The molecule has 0 aliphatic carbocycles. The predicted octanol–water partition coefficient (Wildman–Crippen LogP) is 3.85. The fourth-order valence-electron chi connectivity index (χ4n) is 2.14. The molecule has 2 aromatic carbocycles. The van der Waals surface area contributed by atoms with Gasteiger partial charge >= 0.3 is 0 Å². The standard InChI is InChI=1S/C16H16BrFN2S/c1-20(10-12-5-6-15(18)14(17)8-12)9-11-3-2-4-13(7-11)16(19)21/h2-8H,9-10H2,1H3,(H2,19,21). The summed E-state index contributed by atoms with van der Waals surface area (Å²) in [5.41, 5.74) is 8.72. The fraction of sp³-hybridized carbons (Fsp3) is 0.188. The molecule has 0 spiro atoms. The minimum atomic E-state index is -0.245. The average Bonchev–Trinajstić information content (AvgIpc) is 2.43. The van der Waals surface area contributed by atoms with E-state index in [9.17, 15) is 4.39 Å². The molecule has 0 amide bonds. The second-order valence-electron chi connectivity index (χ2n) is 4.99. The van der Waals surface area contributed by atoms with E-state index in [-0.39, 0.29) is 5.82 Å². The van der Waals surface area contributed by atoms with Crippen LogP contribution >= 0.6 is 28.1 Å². The Morgan fingerprint density at radius 1 is 1.19 bits per heavy atom. The summed E-state index contributed by atoms with van der Waals surface area (Å²) in [5, 5.41) is 0. The van der Waals surface area contributed by atoms with Gasteiger partial charge in [-0.05, 0) is 52.3 Å². The SMILES string of the molecule is CN(Cc1cccc(C(N)=S)c1)Cc1ccc(F)c(Br)c1. The van der Waals surface area contributed by atoms with Crippen molar-refractivity contribution >= 4 is 33.1 Å². The fourth-order valence-corrected chi connectivity index (χ4v) is 2.69. The lowest BCUT2D eigenvalue weighted by Crippen LogP contribution is -2.18. The molecule has 0 radical (unpaired) electrons. The van der Waals surface area contributed by atoms with Crippen LogP contribution in [0.2, 0.25) is 0 Å². The number of nitrogens with two attached hydrogens (primary N) is 1. The molecular formula is C16H16BrFN2S. The number of thiocarbonyl (C=S) groups is 1. The van der Waals surface area contributed by atoms with E-state index in [1.807, 2.05) is 31.3 Å². The molecule has 0 aromatic heterocycles. The van der Waals surface area contributed by atoms with E-state index in [2.05, 4.69) is 20.8 Å². The van der Waals surface area contributed by atoms with Gasteiger partial charge in [0.15, 0.2) is 0 Å².